The van der Waals surface area contributed by atoms with E-state index in [9.17, 15) is 0 Å². The van der Waals surface area contributed by atoms with E-state index in [2.05, 4.69) is 91.5 Å². The molecule has 25 heavy (non-hydrogen) atoms. The summed E-state index contributed by atoms with van der Waals surface area (Å²) in [6.07, 6.45) is 4.73. The summed E-state index contributed by atoms with van der Waals surface area (Å²) in [5.41, 5.74) is 3.39. The molecule has 1 nitrogen and oxygen atoms in total. The van der Waals surface area contributed by atoms with E-state index in [1.165, 1.54) is 11.1 Å². The summed E-state index contributed by atoms with van der Waals surface area (Å²) in [6, 6.07) is 31.8. The molecular formula is C23H22OSi. The molecule has 0 radical (unpaired) electrons. The maximum absolute atomic E-state index is 6.77. The standard InChI is InChI=1S/C23H22OSi/c1-25(24-21-15-9-4-10-16-21)22(19-11-5-2-6-12-19)17-18-23(25)20-13-7-3-8-14-20/h2-18,22-23H,1H3. The van der Waals surface area contributed by atoms with Gasteiger partial charge in [0.15, 0.2) is 0 Å². The monoisotopic (exact) mass is 342 g/mol. The second-order valence-corrected chi connectivity index (χ2v) is 10.6. The Morgan fingerprint density at radius 3 is 1.44 bits per heavy atom. The van der Waals surface area contributed by atoms with Gasteiger partial charge in [-0.1, -0.05) is 91.0 Å². The molecule has 0 N–H and O–H groups in total. The van der Waals surface area contributed by atoms with Crippen LogP contribution in [0.2, 0.25) is 6.55 Å². The lowest BCUT2D eigenvalue weighted by molar-refractivity contribution is 0.525. The van der Waals surface area contributed by atoms with Gasteiger partial charge in [-0.25, -0.2) is 0 Å². The van der Waals surface area contributed by atoms with Crippen LogP contribution in [0.1, 0.15) is 22.2 Å². The Kier molecular flexibility index (Phi) is 4.29. The quantitative estimate of drug-likeness (QED) is 0.426. The van der Waals surface area contributed by atoms with Crippen LogP contribution in [-0.4, -0.2) is 8.32 Å². The van der Waals surface area contributed by atoms with Crippen molar-refractivity contribution in [3.8, 4) is 5.75 Å². The smallest absolute Gasteiger partial charge is 0.270 e. The first kappa shape index (κ1) is 15.9. The van der Waals surface area contributed by atoms with Gasteiger partial charge in [0.05, 0.1) is 0 Å². The van der Waals surface area contributed by atoms with E-state index in [-0.39, 0.29) is 0 Å². The highest BCUT2D eigenvalue weighted by Gasteiger charge is 2.50. The highest BCUT2D eigenvalue weighted by molar-refractivity contribution is 6.77. The van der Waals surface area contributed by atoms with Crippen LogP contribution in [0.4, 0.5) is 0 Å². The molecule has 1 heterocycles. The Balaban J connectivity index is 1.76. The zero-order chi connectivity index (χ0) is 17.1. The second-order valence-electron chi connectivity index (χ2n) is 6.76. The summed E-state index contributed by atoms with van der Waals surface area (Å²) in [7, 11) is -2.18. The van der Waals surface area contributed by atoms with Crippen LogP contribution in [0, 0.1) is 0 Å². The predicted octanol–water partition coefficient (Wildman–Crippen LogP) is 5.86. The Morgan fingerprint density at radius 2 is 1.00 bits per heavy atom. The van der Waals surface area contributed by atoms with E-state index >= 15 is 0 Å². The Bertz CT molecular complexity index is 794. The first-order chi connectivity index (χ1) is 12.3. The first-order valence-corrected chi connectivity index (χ1v) is 11.4. The van der Waals surface area contributed by atoms with Crippen molar-refractivity contribution in [1.82, 2.24) is 0 Å². The van der Waals surface area contributed by atoms with Crippen molar-refractivity contribution in [2.24, 2.45) is 0 Å². The Morgan fingerprint density at radius 1 is 0.600 bits per heavy atom. The topological polar surface area (TPSA) is 9.23 Å². The van der Waals surface area contributed by atoms with Gasteiger partial charge in [-0.15, -0.1) is 0 Å². The third-order valence-corrected chi connectivity index (χ3v) is 9.33. The molecule has 124 valence electrons. The third kappa shape index (κ3) is 3.05. The van der Waals surface area contributed by atoms with Crippen LogP contribution in [0.3, 0.4) is 0 Å². The van der Waals surface area contributed by atoms with Crippen LogP contribution in [-0.2, 0) is 0 Å². The minimum Gasteiger partial charge on any atom is -0.542 e. The lowest BCUT2D eigenvalue weighted by Gasteiger charge is -2.35. The lowest BCUT2D eigenvalue weighted by Crippen LogP contribution is -2.47. The zero-order valence-corrected chi connectivity index (χ0v) is 15.4. The zero-order valence-electron chi connectivity index (χ0n) is 14.4. The maximum atomic E-state index is 6.77. The van der Waals surface area contributed by atoms with Crippen molar-refractivity contribution >= 4 is 8.32 Å². The van der Waals surface area contributed by atoms with Crippen molar-refractivity contribution in [2.45, 2.75) is 17.6 Å². The van der Waals surface area contributed by atoms with Gasteiger partial charge in [-0.2, -0.15) is 0 Å². The summed E-state index contributed by atoms with van der Waals surface area (Å²) in [6.45, 7) is 2.37. The SMILES string of the molecule is C[Si]1(Oc2ccccc2)C(c2ccccc2)C=CC1c1ccccc1. The van der Waals surface area contributed by atoms with Gasteiger partial charge in [-0.3, -0.25) is 0 Å². The minimum atomic E-state index is -2.18. The molecular weight excluding hydrogens is 320 g/mol. The fourth-order valence-corrected chi connectivity index (χ4v) is 7.85. The highest BCUT2D eigenvalue weighted by atomic mass is 28.4. The van der Waals surface area contributed by atoms with Crippen molar-refractivity contribution < 1.29 is 4.43 Å². The lowest BCUT2D eigenvalue weighted by atomic mass is 10.1. The largest absolute Gasteiger partial charge is 0.542 e. The fraction of sp³-hybridized carbons (Fsp3) is 0.130. The highest BCUT2D eigenvalue weighted by Crippen LogP contribution is 2.45. The van der Waals surface area contributed by atoms with Crippen molar-refractivity contribution in [3.63, 3.8) is 0 Å². The van der Waals surface area contributed by atoms with Crippen LogP contribution < -0.4 is 4.43 Å². The average Bonchev–Trinajstić information content (AvgIpc) is 3.00. The van der Waals surface area contributed by atoms with Gasteiger partial charge in [-0.05, 0) is 29.8 Å². The van der Waals surface area contributed by atoms with Crippen molar-refractivity contribution in [2.75, 3.05) is 0 Å². The fourth-order valence-electron chi connectivity index (χ4n) is 3.87. The van der Waals surface area contributed by atoms with Crippen molar-refractivity contribution in [3.05, 3.63) is 114 Å². The molecule has 0 aliphatic carbocycles. The number of rotatable bonds is 4. The average molecular weight is 343 g/mol. The Hall–Kier alpha value is -2.58. The number of allylic oxidation sites excluding steroid dienone is 2. The van der Waals surface area contributed by atoms with E-state index in [1.807, 2.05) is 18.2 Å². The van der Waals surface area contributed by atoms with E-state index in [0.717, 1.165) is 5.75 Å². The first-order valence-electron chi connectivity index (χ1n) is 8.79. The van der Waals surface area contributed by atoms with Crippen LogP contribution >= 0.6 is 0 Å². The number of hydrogen-bond acceptors (Lipinski definition) is 1. The molecule has 0 amide bonds. The molecule has 0 bridgehead atoms. The van der Waals surface area contributed by atoms with Gasteiger partial charge in [0.25, 0.3) is 8.32 Å². The second kappa shape index (κ2) is 6.73. The molecule has 2 heteroatoms. The summed E-state index contributed by atoms with van der Waals surface area (Å²) in [5.74, 6) is 0.974. The van der Waals surface area contributed by atoms with Gasteiger partial charge < -0.3 is 4.43 Å². The van der Waals surface area contributed by atoms with E-state index in [0.29, 0.717) is 11.1 Å². The van der Waals surface area contributed by atoms with Crippen LogP contribution in [0.25, 0.3) is 0 Å². The van der Waals surface area contributed by atoms with E-state index in [4.69, 9.17) is 4.43 Å². The summed E-state index contributed by atoms with van der Waals surface area (Å²) in [5, 5.41) is 0. The van der Waals surface area contributed by atoms with E-state index in [1.54, 1.807) is 0 Å². The molecule has 0 aromatic heterocycles. The number of benzene rings is 3. The summed E-state index contributed by atoms with van der Waals surface area (Å²) < 4.78 is 6.77. The molecule has 1 aliphatic rings. The van der Waals surface area contributed by atoms with Crippen LogP contribution in [0.5, 0.6) is 5.75 Å². The maximum Gasteiger partial charge on any atom is 0.270 e. The van der Waals surface area contributed by atoms with E-state index < -0.39 is 8.32 Å². The molecule has 0 fully saturated rings. The molecule has 3 aromatic rings. The molecule has 0 saturated carbocycles. The van der Waals surface area contributed by atoms with Gasteiger partial charge >= 0.3 is 0 Å². The molecule has 3 aromatic carbocycles. The number of para-hydroxylation sites is 1. The molecule has 2 atom stereocenters. The molecule has 0 saturated heterocycles. The predicted molar refractivity (Wildman–Crippen MR) is 106 cm³/mol. The van der Waals surface area contributed by atoms with Gasteiger partial charge in [0.1, 0.15) is 5.75 Å². The minimum absolute atomic E-state index is 0.346. The Labute approximate surface area is 150 Å². The normalized spacial score (nSPS) is 25.0. The summed E-state index contributed by atoms with van der Waals surface area (Å²) >= 11 is 0. The van der Waals surface area contributed by atoms with Gasteiger partial charge in [0.2, 0.25) is 0 Å². The molecule has 4 rings (SSSR count). The van der Waals surface area contributed by atoms with Crippen molar-refractivity contribution in [1.29, 1.82) is 0 Å². The summed E-state index contributed by atoms with van der Waals surface area (Å²) in [4.78, 5) is 0. The van der Waals surface area contributed by atoms with Crippen LogP contribution in [0.15, 0.2) is 103 Å². The molecule has 2 unspecified atom stereocenters. The molecule has 1 aliphatic heterocycles. The number of hydrogen-bond donors (Lipinski definition) is 0. The third-order valence-electron chi connectivity index (χ3n) is 5.13. The van der Waals surface area contributed by atoms with Gasteiger partial charge in [0, 0.05) is 11.1 Å². The molecule has 0 spiro atoms.